The topological polar surface area (TPSA) is 42.7 Å². The summed E-state index contributed by atoms with van der Waals surface area (Å²) in [6.45, 7) is 6.50. The Kier molecular flexibility index (Phi) is 2.54. The van der Waals surface area contributed by atoms with Crippen LogP contribution in [-0.2, 0) is 6.54 Å². The molecule has 0 amide bonds. The van der Waals surface area contributed by atoms with Crippen molar-refractivity contribution in [2.75, 3.05) is 6.54 Å². The van der Waals surface area contributed by atoms with Gasteiger partial charge in [0, 0.05) is 18.8 Å². The lowest BCUT2D eigenvalue weighted by molar-refractivity contribution is 0.369. The van der Waals surface area contributed by atoms with Gasteiger partial charge in [0.25, 0.3) is 0 Å². The van der Waals surface area contributed by atoms with E-state index in [0.717, 1.165) is 13.1 Å². The predicted molar refractivity (Wildman–Crippen MR) is 54.8 cm³/mol. The molecule has 0 bridgehead atoms. The highest BCUT2D eigenvalue weighted by Gasteiger charge is 2.41. The summed E-state index contributed by atoms with van der Waals surface area (Å²) in [4.78, 5) is 0. The molecule has 4 nitrogen and oxygen atoms in total. The van der Waals surface area contributed by atoms with Crippen molar-refractivity contribution in [3.63, 3.8) is 0 Å². The van der Waals surface area contributed by atoms with Crippen LogP contribution in [0.15, 0.2) is 12.4 Å². The van der Waals surface area contributed by atoms with Gasteiger partial charge in [-0.15, -0.1) is 5.10 Å². The Morgan fingerprint density at radius 1 is 1.57 bits per heavy atom. The van der Waals surface area contributed by atoms with Gasteiger partial charge in [-0.25, -0.2) is 0 Å². The first-order valence-corrected chi connectivity index (χ1v) is 5.28. The van der Waals surface area contributed by atoms with Crippen LogP contribution in [0, 0.1) is 5.41 Å². The zero-order valence-corrected chi connectivity index (χ0v) is 8.90. The van der Waals surface area contributed by atoms with E-state index in [9.17, 15) is 0 Å². The van der Waals surface area contributed by atoms with Gasteiger partial charge in [0.15, 0.2) is 0 Å². The molecule has 0 radical (unpaired) electrons. The van der Waals surface area contributed by atoms with E-state index in [1.165, 1.54) is 12.8 Å². The molecular formula is C10H18N4. The predicted octanol–water partition coefficient (Wildman–Crippen LogP) is 1.06. The summed E-state index contributed by atoms with van der Waals surface area (Å²) in [5.41, 5.74) is 0.558. The molecule has 1 saturated carbocycles. The van der Waals surface area contributed by atoms with Crippen molar-refractivity contribution in [1.82, 2.24) is 20.3 Å². The molecule has 2 rings (SSSR count). The smallest absolute Gasteiger partial charge is 0.0692 e. The quantitative estimate of drug-likeness (QED) is 0.762. The standard InChI is InChI=1S/C10H18N4/c1-9(10(2)3-4-10)11-5-7-14-8-6-12-13-14/h6,8-9,11H,3-5,7H2,1-2H3. The normalized spacial score (nSPS) is 20.7. The second-order valence-electron chi connectivity index (χ2n) is 4.50. The number of hydrogen-bond donors (Lipinski definition) is 1. The molecule has 1 aromatic heterocycles. The van der Waals surface area contributed by atoms with Gasteiger partial charge in [-0.2, -0.15) is 0 Å². The molecule has 4 heteroatoms. The summed E-state index contributed by atoms with van der Waals surface area (Å²) in [6.07, 6.45) is 6.34. The second-order valence-corrected chi connectivity index (χ2v) is 4.50. The molecule has 1 unspecified atom stereocenters. The van der Waals surface area contributed by atoms with Gasteiger partial charge < -0.3 is 5.32 Å². The van der Waals surface area contributed by atoms with Gasteiger partial charge in [-0.05, 0) is 25.2 Å². The fraction of sp³-hybridized carbons (Fsp3) is 0.800. The fourth-order valence-electron chi connectivity index (χ4n) is 1.62. The molecule has 1 aliphatic carbocycles. The first-order chi connectivity index (χ1) is 6.71. The summed E-state index contributed by atoms with van der Waals surface area (Å²) < 4.78 is 1.86. The number of hydrogen-bond acceptors (Lipinski definition) is 3. The number of aromatic nitrogens is 3. The summed E-state index contributed by atoms with van der Waals surface area (Å²) in [5, 5.41) is 11.2. The zero-order chi connectivity index (χ0) is 10.0. The zero-order valence-electron chi connectivity index (χ0n) is 8.90. The molecule has 1 heterocycles. The maximum Gasteiger partial charge on any atom is 0.0692 e. The van der Waals surface area contributed by atoms with Crippen molar-refractivity contribution in [1.29, 1.82) is 0 Å². The molecule has 1 aromatic rings. The highest BCUT2D eigenvalue weighted by molar-refractivity contribution is 4.96. The van der Waals surface area contributed by atoms with Gasteiger partial charge in [-0.3, -0.25) is 4.68 Å². The third kappa shape index (κ3) is 2.12. The van der Waals surface area contributed by atoms with Crippen molar-refractivity contribution in [3.8, 4) is 0 Å². The van der Waals surface area contributed by atoms with E-state index in [-0.39, 0.29) is 0 Å². The Balaban J connectivity index is 1.68. The molecule has 0 spiro atoms. The lowest BCUT2D eigenvalue weighted by Gasteiger charge is -2.20. The molecular weight excluding hydrogens is 176 g/mol. The van der Waals surface area contributed by atoms with Crippen molar-refractivity contribution in [3.05, 3.63) is 12.4 Å². The van der Waals surface area contributed by atoms with Crippen LogP contribution in [0.25, 0.3) is 0 Å². The monoisotopic (exact) mass is 194 g/mol. The average molecular weight is 194 g/mol. The summed E-state index contributed by atoms with van der Waals surface area (Å²) in [5.74, 6) is 0. The van der Waals surface area contributed by atoms with Crippen molar-refractivity contribution in [2.45, 2.75) is 39.3 Å². The lowest BCUT2D eigenvalue weighted by atomic mass is 10.0. The van der Waals surface area contributed by atoms with Gasteiger partial charge in [0.05, 0.1) is 12.7 Å². The minimum Gasteiger partial charge on any atom is -0.312 e. The Morgan fingerprint density at radius 3 is 2.93 bits per heavy atom. The maximum atomic E-state index is 3.92. The summed E-state index contributed by atoms with van der Waals surface area (Å²) in [6, 6.07) is 0.617. The van der Waals surface area contributed by atoms with Crippen LogP contribution in [0.3, 0.4) is 0 Å². The summed E-state index contributed by atoms with van der Waals surface area (Å²) >= 11 is 0. The van der Waals surface area contributed by atoms with Gasteiger partial charge in [-0.1, -0.05) is 12.1 Å². The Labute approximate surface area is 84.7 Å². The molecule has 14 heavy (non-hydrogen) atoms. The van der Waals surface area contributed by atoms with E-state index in [2.05, 4.69) is 29.5 Å². The fourth-order valence-corrected chi connectivity index (χ4v) is 1.62. The van der Waals surface area contributed by atoms with Crippen LogP contribution < -0.4 is 5.32 Å². The molecule has 0 saturated heterocycles. The van der Waals surface area contributed by atoms with Crippen molar-refractivity contribution >= 4 is 0 Å². The number of nitrogens with zero attached hydrogens (tertiary/aromatic N) is 3. The number of rotatable bonds is 5. The van der Waals surface area contributed by atoms with E-state index in [4.69, 9.17) is 0 Å². The van der Waals surface area contributed by atoms with Crippen molar-refractivity contribution < 1.29 is 0 Å². The lowest BCUT2D eigenvalue weighted by Crippen LogP contribution is -2.35. The van der Waals surface area contributed by atoms with Crippen molar-refractivity contribution in [2.24, 2.45) is 5.41 Å². The Hall–Kier alpha value is -0.900. The average Bonchev–Trinajstić information content (AvgIpc) is 2.73. The van der Waals surface area contributed by atoms with E-state index in [1.807, 2.05) is 10.9 Å². The minimum atomic E-state index is 0.558. The van der Waals surface area contributed by atoms with E-state index in [0.29, 0.717) is 11.5 Å². The highest BCUT2D eigenvalue weighted by Crippen LogP contribution is 2.47. The van der Waals surface area contributed by atoms with Gasteiger partial charge in [0.2, 0.25) is 0 Å². The van der Waals surface area contributed by atoms with Crippen LogP contribution in [-0.4, -0.2) is 27.6 Å². The van der Waals surface area contributed by atoms with Crippen LogP contribution in [0.2, 0.25) is 0 Å². The highest BCUT2D eigenvalue weighted by atomic mass is 15.4. The minimum absolute atomic E-state index is 0.558. The van der Waals surface area contributed by atoms with Gasteiger partial charge >= 0.3 is 0 Å². The van der Waals surface area contributed by atoms with Crippen LogP contribution in [0.1, 0.15) is 26.7 Å². The second kappa shape index (κ2) is 3.69. The van der Waals surface area contributed by atoms with Gasteiger partial charge in [0.1, 0.15) is 0 Å². The molecule has 1 N–H and O–H groups in total. The van der Waals surface area contributed by atoms with E-state index < -0.39 is 0 Å². The maximum absolute atomic E-state index is 3.92. The van der Waals surface area contributed by atoms with Crippen LogP contribution >= 0.6 is 0 Å². The molecule has 0 aromatic carbocycles. The van der Waals surface area contributed by atoms with E-state index >= 15 is 0 Å². The Morgan fingerprint density at radius 2 is 2.36 bits per heavy atom. The van der Waals surface area contributed by atoms with Crippen LogP contribution in [0.4, 0.5) is 0 Å². The van der Waals surface area contributed by atoms with Crippen LogP contribution in [0.5, 0.6) is 0 Å². The molecule has 1 fully saturated rings. The Bertz CT molecular complexity index is 276. The molecule has 0 aliphatic heterocycles. The van der Waals surface area contributed by atoms with E-state index in [1.54, 1.807) is 6.20 Å². The molecule has 1 aliphatic rings. The number of nitrogens with one attached hydrogen (secondary N) is 1. The first-order valence-electron chi connectivity index (χ1n) is 5.28. The SMILES string of the molecule is CC(NCCn1ccnn1)C1(C)CC1. The molecule has 78 valence electrons. The molecule has 1 atom stereocenters. The largest absolute Gasteiger partial charge is 0.312 e. The third-order valence-corrected chi connectivity index (χ3v) is 3.35. The first kappa shape index (κ1) is 9.65. The third-order valence-electron chi connectivity index (χ3n) is 3.35. The summed E-state index contributed by atoms with van der Waals surface area (Å²) in [7, 11) is 0.